The molecular weight excluding hydrogens is 408 g/mol. The van der Waals surface area contributed by atoms with Crippen molar-refractivity contribution in [3.05, 3.63) is 42.5 Å². The van der Waals surface area contributed by atoms with Crippen LogP contribution in [0.3, 0.4) is 0 Å². The highest BCUT2D eigenvalue weighted by molar-refractivity contribution is 7.89. The van der Waals surface area contributed by atoms with Crippen molar-refractivity contribution in [2.24, 2.45) is 0 Å². The van der Waals surface area contributed by atoms with Gasteiger partial charge in [0.05, 0.1) is 12.7 Å². The fourth-order valence-electron chi connectivity index (χ4n) is 3.52. The Hall–Kier alpha value is -2.85. The average molecular weight is 430 g/mol. The van der Waals surface area contributed by atoms with Crippen LogP contribution in [0.5, 0.6) is 5.75 Å². The molecule has 2 aromatic heterocycles. The second-order valence-electron chi connectivity index (χ2n) is 7.46. The van der Waals surface area contributed by atoms with Crippen LogP contribution < -0.4 is 9.64 Å². The van der Waals surface area contributed by atoms with Gasteiger partial charge in [0.15, 0.2) is 0 Å². The Morgan fingerprint density at radius 2 is 1.80 bits per heavy atom. The molecule has 0 bridgehead atoms. The highest BCUT2D eigenvalue weighted by atomic mass is 32.2. The molecule has 0 atom stereocenters. The Balaban J connectivity index is 1.27. The number of piperazine rings is 1. The zero-order valence-electron chi connectivity index (χ0n) is 16.5. The molecule has 3 heterocycles. The minimum Gasteiger partial charge on any atom is -0.497 e. The number of aromatic nitrogens is 2. The molecule has 1 saturated carbocycles. The number of hydrogen-bond acceptors (Lipinski definition) is 8. The van der Waals surface area contributed by atoms with Gasteiger partial charge in [-0.3, -0.25) is 0 Å². The van der Waals surface area contributed by atoms with E-state index < -0.39 is 10.0 Å². The van der Waals surface area contributed by atoms with Gasteiger partial charge in [-0.15, -0.1) is 10.2 Å². The number of nitrogens with zero attached hydrogens (tertiary/aromatic N) is 4. The number of rotatable bonds is 6. The third kappa shape index (κ3) is 3.56. The van der Waals surface area contributed by atoms with E-state index in [-0.39, 0.29) is 11.0 Å². The fraction of sp³-hybridized carbons (Fsp3) is 0.400. The van der Waals surface area contributed by atoms with Crippen LogP contribution in [0.15, 0.2) is 50.5 Å². The van der Waals surface area contributed by atoms with Crippen molar-refractivity contribution < 1.29 is 22.0 Å². The maximum Gasteiger partial charge on any atom is 0.276 e. The van der Waals surface area contributed by atoms with E-state index in [4.69, 9.17) is 13.6 Å². The largest absolute Gasteiger partial charge is 0.497 e. The predicted molar refractivity (Wildman–Crippen MR) is 108 cm³/mol. The van der Waals surface area contributed by atoms with Crippen molar-refractivity contribution in [2.75, 3.05) is 38.2 Å². The Kier molecular flexibility index (Phi) is 4.75. The van der Waals surface area contributed by atoms with Gasteiger partial charge in [-0.25, -0.2) is 8.42 Å². The number of hydrogen-bond donors (Lipinski definition) is 0. The molecule has 0 unspecified atom stereocenters. The van der Waals surface area contributed by atoms with E-state index in [1.165, 1.54) is 16.6 Å². The number of ether oxygens (including phenoxy) is 1. The lowest BCUT2D eigenvalue weighted by Crippen LogP contribution is -2.48. The van der Waals surface area contributed by atoms with Crippen molar-refractivity contribution >= 4 is 15.7 Å². The second kappa shape index (κ2) is 7.44. The zero-order chi connectivity index (χ0) is 20.7. The van der Waals surface area contributed by atoms with Gasteiger partial charge in [-0.1, -0.05) is 0 Å². The minimum absolute atomic E-state index is 0.110. The van der Waals surface area contributed by atoms with E-state index in [0.29, 0.717) is 43.6 Å². The lowest BCUT2D eigenvalue weighted by atomic mass is 10.2. The quantitative estimate of drug-likeness (QED) is 0.588. The first kappa shape index (κ1) is 19.1. The third-order valence-corrected chi connectivity index (χ3v) is 7.23. The molecule has 2 aliphatic rings. The van der Waals surface area contributed by atoms with Crippen LogP contribution in [0, 0.1) is 0 Å². The topological polar surface area (TPSA) is 102 Å². The van der Waals surface area contributed by atoms with E-state index in [2.05, 4.69) is 15.1 Å². The zero-order valence-corrected chi connectivity index (χ0v) is 17.3. The van der Waals surface area contributed by atoms with Gasteiger partial charge in [0.25, 0.3) is 15.9 Å². The first-order chi connectivity index (χ1) is 14.5. The molecule has 0 N–H and O–H groups in total. The van der Waals surface area contributed by atoms with Gasteiger partial charge >= 0.3 is 0 Å². The van der Waals surface area contributed by atoms with E-state index in [1.807, 2.05) is 24.3 Å². The van der Waals surface area contributed by atoms with Gasteiger partial charge in [0.2, 0.25) is 11.0 Å². The number of furan rings is 1. The minimum atomic E-state index is -3.73. The first-order valence-electron chi connectivity index (χ1n) is 9.86. The molecule has 158 valence electrons. The summed E-state index contributed by atoms with van der Waals surface area (Å²) in [5, 5.41) is 7.93. The van der Waals surface area contributed by atoms with Crippen LogP contribution in [0.1, 0.15) is 24.7 Å². The van der Waals surface area contributed by atoms with Crippen LogP contribution >= 0.6 is 0 Å². The van der Waals surface area contributed by atoms with Crippen molar-refractivity contribution in [2.45, 2.75) is 23.9 Å². The van der Waals surface area contributed by atoms with Gasteiger partial charge in [0, 0.05) is 43.9 Å². The summed E-state index contributed by atoms with van der Waals surface area (Å²) >= 11 is 0. The van der Waals surface area contributed by atoms with E-state index in [0.717, 1.165) is 24.3 Å². The molecule has 0 spiro atoms. The van der Waals surface area contributed by atoms with Crippen molar-refractivity contribution in [3.8, 4) is 17.2 Å². The van der Waals surface area contributed by atoms with E-state index >= 15 is 0 Å². The molecule has 30 heavy (non-hydrogen) atoms. The standard InChI is InChI=1S/C20H22N4O5S/c1-27-17-6-4-16(5-7-17)23-8-10-24(11-9-23)30(25,26)18-12-15(13-28-18)20-22-21-19(29-20)14-2-3-14/h4-7,12-14H,2-3,8-11H2,1H3. The third-order valence-electron chi connectivity index (χ3n) is 5.46. The summed E-state index contributed by atoms with van der Waals surface area (Å²) in [5.74, 6) is 2.01. The molecule has 1 aromatic carbocycles. The maximum absolute atomic E-state index is 13.0. The molecule has 2 fully saturated rings. The van der Waals surface area contributed by atoms with E-state index in [9.17, 15) is 8.42 Å². The average Bonchev–Trinajstić information content (AvgIpc) is 3.29. The van der Waals surface area contributed by atoms with Gasteiger partial charge in [0.1, 0.15) is 12.0 Å². The Labute approximate surface area is 174 Å². The van der Waals surface area contributed by atoms with E-state index in [1.54, 1.807) is 7.11 Å². The summed E-state index contributed by atoms with van der Waals surface area (Å²) in [4.78, 5) is 2.15. The second-order valence-corrected chi connectivity index (χ2v) is 9.33. The van der Waals surface area contributed by atoms with Gasteiger partial charge in [-0.2, -0.15) is 4.31 Å². The lowest BCUT2D eigenvalue weighted by Gasteiger charge is -2.34. The molecule has 5 rings (SSSR count). The maximum atomic E-state index is 13.0. The summed E-state index contributed by atoms with van der Waals surface area (Å²) in [6.07, 6.45) is 3.45. The number of benzene rings is 1. The molecule has 1 aliphatic carbocycles. The highest BCUT2D eigenvalue weighted by Gasteiger charge is 2.33. The first-order valence-corrected chi connectivity index (χ1v) is 11.3. The van der Waals surface area contributed by atoms with Gasteiger partial charge in [-0.05, 0) is 37.1 Å². The Bertz CT molecular complexity index is 1130. The highest BCUT2D eigenvalue weighted by Crippen LogP contribution is 2.40. The molecular formula is C20H22N4O5S. The van der Waals surface area contributed by atoms with Crippen LogP contribution in [-0.2, 0) is 10.0 Å². The molecule has 10 heteroatoms. The smallest absolute Gasteiger partial charge is 0.276 e. The van der Waals surface area contributed by atoms with Crippen LogP contribution in [0.4, 0.5) is 5.69 Å². The van der Waals surface area contributed by atoms with Crippen LogP contribution in [0.25, 0.3) is 11.5 Å². The van der Waals surface area contributed by atoms with Crippen molar-refractivity contribution in [3.63, 3.8) is 0 Å². The molecule has 1 aliphatic heterocycles. The number of anilines is 1. The monoisotopic (exact) mass is 430 g/mol. The SMILES string of the molecule is COc1ccc(N2CCN(S(=O)(=O)c3cc(-c4nnc(C5CC5)o4)co3)CC2)cc1. The van der Waals surface area contributed by atoms with Crippen molar-refractivity contribution in [1.82, 2.24) is 14.5 Å². The normalized spacial score (nSPS) is 18.0. The molecule has 1 saturated heterocycles. The molecule has 3 aromatic rings. The molecule has 0 radical (unpaired) electrons. The summed E-state index contributed by atoms with van der Waals surface area (Å²) in [6.45, 7) is 1.93. The lowest BCUT2D eigenvalue weighted by molar-refractivity contribution is 0.361. The number of sulfonamides is 1. The summed E-state index contributed by atoms with van der Waals surface area (Å²) in [6, 6.07) is 9.20. The molecule has 0 amide bonds. The van der Waals surface area contributed by atoms with Crippen molar-refractivity contribution in [1.29, 1.82) is 0 Å². The summed E-state index contributed by atoms with van der Waals surface area (Å²) in [5.41, 5.74) is 1.51. The summed E-state index contributed by atoms with van der Waals surface area (Å²) < 4.78 is 43.7. The van der Waals surface area contributed by atoms with Crippen LogP contribution in [0.2, 0.25) is 0 Å². The predicted octanol–water partition coefficient (Wildman–Crippen LogP) is 2.73. The summed E-state index contributed by atoms with van der Waals surface area (Å²) in [7, 11) is -2.10. The molecule has 9 nitrogen and oxygen atoms in total. The Morgan fingerprint density at radius 3 is 2.47 bits per heavy atom. The van der Waals surface area contributed by atoms with Gasteiger partial charge < -0.3 is 18.5 Å². The number of methoxy groups -OCH3 is 1. The Morgan fingerprint density at radius 1 is 1.07 bits per heavy atom. The van der Waals surface area contributed by atoms with Crippen LogP contribution in [-0.4, -0.2) is 56.2 Å². The fourth-order valence-corrected chi connectivity index (χ4v) is 4.86.